The lowest BCUT2D eigenvalue weighted by Gasteiger charge is -2.09. The largest absolute Gasteiger partial charge is 0.717 e. The van der Waals surface area contributed by atoms with Gasteiger partial charge in [-0.1, -0.05) is 0 Å². The van der Waals surface area contributed by atoms with Crippen LogP contribution in [0.4, 0.5) is 0 Å². The quantitative estimate of drug-likeness (QED) is 0.130. The van der Waals surface area contributed by atoms with E-state index in [0.717, 1.165) is 0 Å². The number of hydrogen-bond donors (Lipinski definition) is 2. The van der Waals surface area contributed by atoms with Crippen LogP contribution in [0.15, 0.2) is 12.2 Å². The molecule has 0 saturated heterocycles. The van der Waals surface area contributed by atoms with E-state index in [0.29, 0.717) is 0 Å². The van der Waals surface area contributed by atoms with Crippen molar-refractivity contribution in [3.63, 3.8) is 0 Å². The van der Waals surface area contributed by atoms with E-state index in [1.807, 2.05) is 0 Å². The molecule has 0 unspecified atom stereocenters. The predicted molar refractivity (Wildman–Crippen MR) is 82.6 cm³/mol. The van der Waals surface area contributed by atoms with E-state index < -0.39 is 66.0 Å². The van der Waals surface area contributed by atoms with Crippen molar-refractivity contribution in [2.75, 3.05) is 13.1 Å². The molecule has 22 nitrogen and oxygen atoms in total. The smallest absolute Gasteiger partial charge is 0.332 e. The van der Waals surface area contributed by atoms with Gasteiger partial charge in [-0.2, -0.15) is 0 Å². The third kappa shape index (κ3) is 4.87. The van der Waals surface area contributed by atoms with E-state index in [9.17, 15) is 70.3 Å². The van der Waals surface area contributed by atoms with E-state index in [1.165, 1.54) is 10.6 Å². The lowest BCUT2D eigenvalue weighted by atomic mass is 10.3. The molecule has 0 aromatic carbocycles. The fraction of sp³-hybridized carbons (Fsp3) is 0.500. The van der Waals surface area contributed by atoms with Gasteiger partial charge in [0, 0.05) is 12.2 Å². The second kappa shape index (κ2) is 9.33. The summed E-state index contributed by atoms with van der Waals surface area (Å²) in [7, 11) is 0. The molecule has 0 aromatic rings. The van der Waals surface area contributed by atoms with Crippen molar-refractivity contribution in [3.05, 3.63) is 72.8 Å². The van der Waals surface area contributed by atoms with Gasteiger partial charge >= 0.3 is 11.6 Å². The van der Waals surface area contributed by atoms with Crippen molar-refractivity contribution in [1.82, 2.24) is 10.6 Å². The van der Waals surface area contributed by atoms with Crippen LogP contribution in [-0.4, -0.2) is 66.0 Å². The molecule has 0 aromatic heterocycles. The first kappa shape index (κ1) is 25.1. The predicted octanol–water partition coefficient (Wildman–Crippen LogP) is -3.26. The summed E-state index contributed by atoms with van der Waals surface area (Å²) in [4.78, 5) is 75.4. The third-order valence-electron chi connectivity index (χ3n) is 3.14. The first-order valence-electron chi connectivity index (χ1n) is 6.77. The minimum atomic E-state index is -4.03. The van der Waals surface area contributed by atoms with Gasteiger partial charge in [-0.05, 0) is 0 Å². The monoisotopic (exact) mass is 440 g/mol. The van der Waals surface area contributed by atoms with Crippen LogP contribution in [0.3, 0.4) is 0 Å². The Bertz CT molecular complexity index is 709. The fourth-order valence-electron chi connectivity index (χ4n) is 1.47. The van der Waals surface area contributed by atoms with Crippen LogP contribution in [0.5, 0.6) is 0 Å². The number of carbonyl (C=O) groups is 2. The Balaban J connectivity index is 5.19. The van der Waals surface area contributed by atoms with Crippen LogP contribution in [0.1, 0.15) is 0 Å². The first-order valence-corrected chi connectivity index (χ1v) is 6.77. The summed E-state index contributed by atoms with van der Waals surface area (Å²) >= 11 is 0. The highest BCUT2D eigenvalue weighted by molar-refractivity contribution is 5.96. The molecular weight excluding hydrogens is 432 g/mol. The number of amides is 2. The number of rotatable bonds is 12. The summed E-state index contributed by atoms with van der Waals surface area (Å²) in [5.74, 6) is -11.1. The van der Waals surface area contributed by atoms with E-state index in [1.54, 1.807) is 0 Å². The lowest BCUT2D eigenvalue weighted by molar-refractivity contribution is -0.966. The van der Waals surface area contributed by atoms with Gasteiger partial charge in [0.2, 0.25) is 24.9 Å². The van der Waals surface area contributed by atoms with Gasteiger partial charge in [-0.25, -0.2) is 0 Å². The van der Waals surface area contributed by atoms with Crippen LogP contribution in [0, 0.1) is 60.7 Å². The molecule has 164 valence electrons. The number of hydrogen-bond acceptors (Lipinski definition) is 14. The van der Waals surface area contributed by atoms with Gasteiger partial charge in [0.1, 0.15) is 0 Å². The molecule has 0 heterocycles. The Hall–Kier alpha value is -4.92. The molecule has 0 aliphatic rings. The average Bonchev–Trinajstić information content (AvgIpc) is 2.59. The molecule has 0 saturated carbocycles. The normalized spacial score (nSPS) is 11.3. The van der Waals surface area contributed by atoms with Crippen LogP contribution in [-0.2, 0) is 9.59 Å². The molecule has 0 bridgehead atoms. The third-order valence-corrected chi connectivity index (χ3v) is 3.14. The van der Waals surface area contributed by atoms with Gasteiger partial charge in [0.15, 0.2) is 29.5 Å². The maximum absolute atomic E-state index is 11.4. The molecule has 2 amide bonds. The Morgan fingerprint density at radius 3 is 0.933 bits per heavy atom. The van der Waals surface area contributed by atoms with Gasteiger partial charge in [0.25, 0.3) is 0 Å². The Morgan fingerprint density at radius 1 is 0.567 bits per heavy atom. The minimum Gasteiger partial charge on any atom is -0.332 e. The molecule has 0 aliphatic carbocycles. The number of nitrogens with one attached hydrogen (secondary N) is 2. The highest BCUT2D eigenvalue weighted by atomic mass is 16.7. The molecule has 0 fully saturated rings. The topological polar surface area (TPSA) is 317 Å². The second-order valence-electron chi connectivity index (χ2n) is 4.86. The first-order chi connectivity index (χ1) is 13.7. The molecule has 0 rings (SSSR count). The van der Waals surface area contributed by atoms with E-state index >= 15 is 0 Å². The summed E-state index contributed by atoms with van der Waals surface area (Å²) in [5.41, 5.74) is 0. The molecule has 30 heavy (non-hydrogen) atoms. The number of nitro groups is 6. The Morgan fingerprint density at radius 2 is 0.767 bits per heavy atom. The van der Waals surface area contributed by atoms with Crippen LogP contribution < -0.4 is 10.6 Å². The molecule has 22 heteroatoms. The maximum Gasteiger partial charge on any atom is 0.717 e. The van der Waals surface area contributed by atoms with Gasteiger partial charge in [-0.15, -0.1) is 0 Å². The van der Waals surface area contributed by atoms with Crippen molar-refractivity contribution in [2.24, 2.45) is 0 Å². The minimum absolute atomic E-state index is 0.187. The fourth-order valence-corrected chi connectivity index (χ4v) is 1.47. The summed E-state index contributed by atoms with van der Waals surface area (Å²) in [5, 5.41) is 66.7. The summed E-state index contributed by atoms with van der Waals surface area (Å²) in [6.07, 6.45) is 0.373. The Labute approximate surface area is 160 Å². The SMILES string of the molecule is O=C(/C=C/C(=O)NCC([N+](=O)[O-])([N+](=O)[O-])[N+](=O)[O-])NCC([N+](=O)[O-])([N+](=O)[O-])[N+](=O)[O-]. The van der Waals surface area contributed by atoms with Crippen molar-refractivity contribution < 1.29 is 39.1 Å². The summed E-state index contributed by atoms with van der Waals surface area (Å²) in [6.45, 7) is -3.50. The molecule has 0 radical (unpaired) electrons. The van der Waals surface area contributed by atoms with Crippen molar-refractivity contribution >= 4 is 11.8 Å². The van der Waals surface area contributed by atoms with Gasteiger partial charge in [0.05, 0.1) is 0 Å². The Kier molecular flexibility index (Phi) is 7.80. The van der Waals surface area contributed by atoms with Gasteiger partial charge < -0.3 is 10.6 Å². The maximum atomic E-state index is 11.4. The van der Waals surface area contributed by atoms with Gasteiger partial charge in [-0.3, -0.25) is 70.3 Å². The molecule has 0 atom stereocenters. The van der Waals surface area contributed by atoms with Crippen LogP contribution in [0.2, 0.25) is 0 Å². The molecule has 0 aliphatic heterocycles. The van der Waals surface area contributed by atoms with Crippen molar-refractivity contribution in [2.45, 2.75) is 11.6 Å². The summed E-state index contributed by atoms with van der Waals surface area (Å²) in [6, 6.07) is 0. The molecular formula is C8H8N8O14. The highest BCUT2D eigenvalue weighted by Gasteiger charge is 2.71. The van der Waals surface area contributed by atoms with Crippen LogP contribution >= 0.6 is 0 Å². The van der Waals surface area contributed by atoms with E-state index in [-0.39, 0.29) is 12.2 Å². The zero-order valence-electron chi connectivity index (χ0n) is 14.0. The zero-order chi connectivity index (χ0) is 23.9. The molecule has 2 N–H and O–H groups in total. The van der Waals surface area contributed by atoms with Crippen LogP contribution in [0.25, 0.3) is 0 Å². The van der Waals surface area contributed by atoms with Crippen molar-refractivity contribution in [1.29, 1.82) is 0 Å². The highest BCUT2D eigenvalue weighted by Crippen LogP contribution is 2.12. The van der Waals surface area contributed by atoms with E-state index in [4.69, 9.17) is 0 Å². The second-order valence-corrected chi connectivity index (χ2v) is 4.86. The number of nitrogens with zero attached hydrogens (tertiary/aromatic N) is 6. The lowest BCUT2D eigenvalue weighted by Crippen LogP contribution is -2.60. The number of carbonyl (C=O) groups excluding carboxylic acids is 2. The van der Waals surface area contributed by atoms with Crippen molar-refractivity contribution in [3.8, 4) is 0 Å². The average molecular weight is 440 g/mol. The standard InChI is InChI=1S/C8H8N8O14/c17-5(9-3-7(11(19)20,12(21)22)13(23)24)1-2-6(18)10-4-8(14(25)26,15(27)28)16(29)30/h1-2H,3-4H2,(H,9,17)(H,10,18)/b2-1+. The molecule has 0 spiro atoms. The zero-order valence-corrected chi connectivity index (χ0v) is 14.0. The van der Waals surface area contributed by atoms with E-state index in [2.05, 4.69) is 0 Å². The summed E-state index contributed by atoms with van der Waals surface area (Å²) < 4.78 is 0.